The number of hydrogen-bond donors (Lipinski definition) is 2. The maximum atomic E-state index is 12.8. The van der Waals surface area contributed by atoms with Gasteiger partial charge in [0.15, 0.2) is 0 Å². The van der Waals surface area contributed by atoms with E-state index in [9.17, 15) is 9.59 Å². The Morgan fingerprint density at radius 3 is 2.89 bits per heavy atom. The lowest BCUT2D eigenvalue weighted by molar-refractivity contribution is 0.0948. The SMILES string of the molecule is COc1cccc(-c2cc3c(=O)n(CCNC(=O)c4ccc[nH]4)ccn3n2)c1. The zero-order valence-corrected chi connectivity index (χ0v) is 15.3. The van der Waals surface area contributed by atoms with Crippen molar-refractivity contribution in [3.05, 3.63) is 77.1 Å². The van der Waals surface area contributed by atoms with Crippen molar-refractivity contribution in [2.24, 2.45) is 0 Å². The molecule has 1 amide bonds. The van der Waals surface area contributed by atoms with Crippen molar-refractivity contribution < 1.29 is 9.53 Å². The van der Waals surface area contributed by atoms with Crippen molar-refractivity contribution in [1.29, 1.82) is 0 Å². The summed E-state index contributed by atoms with van der Waals surface area (Å²) in [4.78, 5) is 27.6. The Bertz CT molecular complexity index is 1170. The molecule has 8 heteroatoms. The standard InChI is InChI=1S/C20H19N5O3/c1-28-15-5-2-4-14(12-15)17-13-18-20(27)24(10-11-25(18)23-17)9-8-22-19(26)16-6-3-7-21-16/h2-7,10-13,21H,8-9H2,1H3,(H,22,26). The minimum Gasteiger partial charge on any atom is -0.497 e. The quantitative estimate of drug-likeness (QED) is 0.537. The second-order valence-corrected chi connectivity index (χ2v) is 6.23. The first kappa shape index (κ1) is 17.6. The summed E-state index contributed by atoms with van der Waals surface area (Å²) in [7, 11) is 1.61. The van der Waals surface area contributed by atoms with Gasteiger partial charge in [-0.25, -0.2) is 4.52 Å². The zero-order chi connectivity index (χ0) is 19.5. The topological polar surface area (TPSA) is 93.4 Å². The zero-order valence-electron chi connectivity index (χ0n) is 15.3. The van der Waals surface area contributed by atoms with Crippen LogP contribution < -0.4 is 15.6 Å². The summed E-state index contributed by atoms with van der Waals surface area (Å²) >= 11 is 0. The molecule has 0 aliphatic rings. The van der Waals surface area contributed by atoms with Crippen LogP contribution in [0.3, 0.4) is 0 Å². The van der Waals surface area contributed by atoms with Gasteiger partial charge in [0, 0.05) is 37.2 Å². The van der Waals surface area contributed by atoms with E-state index in [1.54, 1.807) is 53.0 Å². The van der Waals surface area contributed by atoms with E-state index >= 15 is 0 Å². The van der Waals surface area contributed by atoms with E-state index in [1.165, 1.54) is 0 Å². The molecule has 4 aromatic rings. The summed E-state index contributed by atoms with van der Waals surface area (Å²) in [5, 5.41) is 7.26. The van der Waals surface area contributed by atoms with Crippen LogP contribution >= 0.6 is 0 Å². The third-order valence-corrected chi connectivity index (χ3v) is 4.45. The Hall–Kier alpha value is -3.81. The highest BCUT2D eigenvalue weighted by atomic mass is 16.5. The number of aromatic nitrogens is 4. The highest BCUT2D eigenvalue weighted by Crippen LogP contribution is 2.22. The first-order chi connectivity index (χ1) is 13.7. The summed E-state index contributed by atoms with van der Waals surface area (Å²) in [6.07, 6.45) is 5.08. The van der Waals surface area contributed by atoms with Crippen molar-refractivity contribution >= 4 is 11.4 Å². The van der Waals surface area contributed by atoms with E-state index < -0.39 is 0 Å². The summed E-state index contributed by atoms with van der Waals surface area (Å²) < 4.78 is 8.36. The van der Waals surface area contributed by atoms with Gasteiger partial charge in [-0.2, -0.15) is 5.10 Å². The van der Waals surface area contributed by atoms with Gasteiger partial charge in [0.2, 0.25) is 0 Å². The van der Waals surface area contributed by atoms with Gasteiger partial charge >= 0.3 is 0 Å². The third-order valence-electron chi connectivity index (χ3n) is 4.45. The van der Waals surface area contributed by atoms with Gasteiger partial charge < -0.3 is 19.6 Å². The fraction of sp³-hybridized carbons (Fsp3) is 0.150. The summed E-state index contributed by atoms with van der Waals surface area (Å²) in [5.74, 6) is 0.522. The van der Waals surface area contributed by atoms with Crippen molar-refractivity contribution in [3.63, 3.8) is 0 Å². The number of carbonyl (C=O) groups excluding carboxylic acids is 1. The number of methoxy groups -OCH3 is 1. The van der Waals surface area contributed by atoms with Gasteiger partial charge in [-0.1, -0.05) is 12.1 Å². The molecule has 0 saturated carbocycles. The largest absolute Gasteiger partial charge is 0.497 e. The first-order valence-electron chi connectivity index (χ1n) is 8.80. The van der Waals surface area contributed by atoms with Crippen LogP contribution in [0.5, 0.6) is 5.75 Å². The fourth-order valence-electron chi connectivity index (χ4n) is 2.98. The van der Waals surface area contributed by atoms with Crippen LogP contribution in [0, 0.1) is 0 Å². The monoisotopic (exact) mass is 377 g/mol. The Morgan fingerprint density at radius 1 is 1.21 bits per heavy atom. The maximum Gasteiger partial charge on any atom is 0.276 e. The molecular weight excluding hydrogens is 358 g/mol. The molecule has 0 spiro atoms. The molecule has 142 valence electrons. The molecule has 0 atom stereocenters. The highest BCUT2D eigenvalue weighted by molar-refractivity contribution is 5.92. The number of H-pyrrole nitrogens is 1. The molecular formula is C20H19N5O3. The number of benzene rings is 1. The van der Waals surface area contributed by atoms with E-state index in [0.29, 0.717) is 30.0 Å². The smallest absolute Gasteiger partial charge is 0.276 e. The highest BCUT2D eigenvalue weighted by Gasteiger charge is 2.10. The van der Waals surface area contributed by atoms with Crippen molar-refractivity contribution in [2.45, 2.75) is 6.54 Å². The molecule has 2 N–H and O–H groups in total. The fourth-order valence-corrected chi connectivity index (χ4v) is 2.98. The van der Waals surface area contributed by atoms with E-state index in [0.717, 1.165) is 11.3 Å². The molecule has 8 nitrogen and oxygen atoms in total. The minimum atomic E-state index is -0.205. The van der Waals surface area contributed by atoms with Gasteiger partial charge in [0.1, 0.15) is 17.0 Å². The number of rotatable bonds is 6. The van der Waals surface area contributed by atoms with Crippen LogP contribution in [0.2, 0.25) is 0 Å². The average molecular weight is 377 g/mol. The molecule has 28 heavy (non-hydrogen) atoms. The molecule has 0 aliphatic carbocycles. The lowest BCUT2D eigenvalue weighted by atomic mass is 10.1. The molecule has 3 aromatic heterocycles. The predicted molar refractivity (Wildman–Crippen MR) is 105 cm³/mol. The number of carbonyl (C=O) groups is 1. The van der Waals surface area contributed by atoms with Gasteiger partial charge in [0.25, 0.3) is 11.5 Å². The molecule has 4 rings (SSSR count). The summed E-state index contributed by atoms with van der Waals surface area (Å²) in [5.41, 5.74) is 2.34. The second-order valence-electron chi connectivity index (χ2n) is 6.23. The average Bonchev–Trinajstić information content (AvgIpc) is 3.40. The molecule has 0 fully saturated rings. The third kappa shape index (κ3) is 3.39. The second kappa shape index (κ2) is 7.43. The Balaban J connectivity index is 1.53. The van der Waals surface area contributed by atoms with E-state index in [4.69, 9.17) is 4.74 Å². The number of hydrogen-bond acceptors (Lipinski definition) is 4. The molecule has 0 unspecified atom stereocenters. The molecule has 1 aromatic carbocycles. The number of nitrogens with zero attached hydrogens (tertiary/aromatic N) is 3. The van der Waals surface area contributed by atoms with Gasteiger partial charge in [-0.15, -0.1) is 0 Å². The number of aromatic amines is 1. The van der Waals surface area contributed by atoms with Crippen LogP contribution in [0.15, 0.2) is 65.8 Å². The Kier molecular flexibility index (Phi) is 4.67. The Labute approximate surface area is 160 Å². The van der Waals surface area contributed by atoms with Crippen LogP contribution in [0.25, 0.3) is 16.8 Å². The van der Waals surface area contributed by atoms with Crippen LogP contribution in [-0.2, 0) is 6.54 Å². The van der Waals surface area contributed by atoms with Gasteiger partial charge in [0.05, 0.1) is 12.8 Å². The van der Waals surface area contributed by atoms with Crippen molar-refractivity contribution in [3.8, 4) is 17.0 Å². The number of ether oxygens (including phenoxy) is 1. The van der Waals surface area contributed by atoms with E-state index in [1.807, 2.05) is 24.3 Å². The van der Waals surface area contributed by atoms with Crippen molar-refractivity contribution in [1.82, 2.24) is 24.5 Å². The van der Waals surface area contributed by atoms with Crippen LogP contribution in [0.1, 0.15) is 10.5 Å². The maximum absolute atomic E-state index is 12.8. The lowest BCUT2D eigenvalue weighted by Gasteiger charge is -2.07. The summed E-state index contributed by atoms with van der Waals surface area (Å²) in [6, 6.07) is 12.7. The number of amides is 1. The predicted octanol–water partition coefficient (Wildman–Crippen LogP) is 1.93. The molecule has 0 radical (unpaired) electrons. The molecule has 0 saturated heterocycles. The first-order valence-corrected chi connectivity index (χ1v) is 8.80. The van der Waals surface area contributed by atoms with E-state index in [-0.39, 0.29) is 11.5 Å². The normalized spacial score (nSPS) is 10.9. The molecule has 0 bridgehead atoms. The van der Waals surface area contributed by atoms with E-state index in [2.05, 4.69) is 15.4 Å². The molecule has 0 aliphatic heterocycles. The number of fused-ring (bicyclic) bond motifs is 1. The van der Waals surface area contributed by atoms with Crippen LogP contribution in [-0.4, -0.2) is 38.7 Å². The number of nitrogens with one attached hydrogen (secondary N) is 2. The van der Waals surface area contributed by atoms with Gasteiger partial charge in [-0.05, 0) is 30.3 Å². The lowest BCUT2D eigenvalue weighted by Crippen LogP contribution is -2.31. The Morgan fingerprint density at radius 2 is 2.11 bits per heavy atom. The van der Waals surface area contributed by atoms with Gasteiger partial charge in [-0.3, -0.25) is 9.59 Å². The van der Waals surface area contributed by atoms with Crippen LogP contribution in [0.4, 0.5) is 0 Å². The van der Waals surface area contributed by atoms with Crippen molar-refractivity contribution in [2.75, 3.05) is 13.7 Å². The molecule has 3 heterocycles. The summed E-state index contributed by atoms with van der Waals surface area (Å²) in [6.45, 7) is 0.701. The minimum absolute atomic E-state index is 0.168.